The standard InChI is InChI=1S/C20H24N6O2/c1-13-21-12-18(28-13)17-8-14-9-19(23-11-15(14)10-22-17)24-20(27)26-6-4-16(5-7-26)25(2)3/h8-12,16H,4-7H2,1-3H3,(H,23,24,27). The molecule has 0 spiro atoms. The van der Waals surface area contributed by atoms with E-state index in [4.69, 9.17) is 4.42 Å². The monoisotopic (exact) mass is 380 g/mol. The van der Waals surface area contributed by atoms with E-state index < -0.39 is 0 Å². The number of nitrogens with zero attached hydrogens (tertiary/aromatic N) is 5. The first-order valence-electron chi connectivity index (χ1n) is 9.40. The minimum absolute atomic E-state index is 0.107. The highest BCUT2D eigenvalue weighted by Crippen LogP contribution is 2.24. The van der Waals surface area contributed by atoms with Gasteiger partial charge in [0.05, 0.1) is 6.20 Å². The van der Waals surface area contributed by atoms with Crippen LogP contribution in [0.3, 0.4) is 0 Å². The number of oxazole rings is 1. The Morgan fingerprint density at radius 3 is 2.54 bits per heavy atom. The summed E-state index contributed by atoms with van der Waals surface area (Å²) in [5.41, 5.74) is 0.697. The van der Waals surface area contributed by atoms with Gasteiger partial charge in [-0.05, 0) is 44.5 Å². The van der Waals surface area contributed by atoms with Crippen molar-refractivity contribution in [3.8, 4) is 11.5 Å². The van der Waals surface area contributed by atoms with Crippen LogP contribution in [0.15, 0.2) is 35.1 Å². The quantitative estimate of drug-likeness (QED) is 0.751. The van der Waals surface area contributed by atoms with Crippen molar-refractivity contribution in [2.45, 2.75) is 25.8 Å². The van der Waals surface area contributed by atoms with Crippen molar-refractivity contribution in [2.75, 3.05) is 32.5 Å². The number of hydrogen-bond donors (Lipinski definition) is 1. The van der Waals surface area contributed by atoms with Crippen LogP contribution in [0.1, 0.15) is 18.7 Å². The zero-order valence-corrected chi connectivity index (χ0v) is 16.3. The summed E-state index contributed by atoms with van der Waals surface area (Å²) in [6.07, 6.45) is 7.08. The summed E-state index contributed by atoms with van der Waals surface area (Å²) in [6.45, 7) is 3.30. The summed E-state index contributed by atoms with van der Waals surface area (Å²) in [5, 5.41) is 4.74. The van der Waals surface area contributed by atoms with Crippen molar-refractivity contribution < 1.29 is 9.21 Å². The number of aryl methyl sites for hydroxylation is 1. The topological polar surface area (TPSA) is 87.4 Å². The van der Waals surface area contributed by atoms with Gasteiger partial charge in [-0.25, -0.2) is 14.8 Å². The summed E-state index contributed by atoms with van der Waals surface area (Å²) >= 11 is 0. The van der Waals surface area contributed by atoms with Crippen LogP contribution in [-0.4, -0.2) is 64.0 Å². The van der Waals surface area contributed by atoms with Gasteiger partial charge in [0.1, 0.15) is 11.5 Å². The number of pyridine rings is 2. The van der Waals surface area contributed by atoms with Crippen LogP contribution in [0.5, 0.6) is 0 Å². The van der Waals surface area contributed by atoms with Crippen molar-refractivity contribution in [3.05, 3.63) is 36.6 Å². The van der Waals surface area contributed by atoms with E-state index in [1.165, 1.54) is 0 Å². The van der Waals surface area contributed by atoms with E-state index >= 15 is 0 Å². The lowest BCUT2D eigenvalue weighted by Gasteiger charge is -2.35. The SMILES string of the molecule is Cc1ncc(-c2cc3cc(NC(=O)N4CCC(N(C)C)CC4)ncc3cn2)o1. The van der Waals surface area contributed by atoms with Crippen LogP contribution >= 0.6 is 0 Å². The molecule has 0 atom stereocenters. The second-order valence-electron chi connectivity index (χ2n) is 7.34. The molecular formula is C20H24N6O2. The molecule has 0 saturated carbocycles. The molecule has 1 aliphatic heterocycles. The highest BCUT2D eigenvalue weighted by molar-refractivity contribution is 5.92. The maximum Gasteiger partial charge on any atom is 0.323 e. The minimum Gasteiger partial charge on any atom is -0.439 e. The molecule has 3 aromatic rings. The average molecular weight is 380 g/mol. The number of nitrogens with one attached hydrogen (secondary N) is 1. The molecule has 2 amide bonds. The number of likely N-dealkylation sites (tertiary alicyclic amines) is 1. The Balaban J connectivity index is 1.49. The average Bonchev–Trinajstić information content (AvgIpc) is 3.14. The Morgan fingerprint density at radius 2 is 1.86 bits per heavy atom. The van der Waals surface area contributed by atoms with Gasteiger partial charge in [0.25, 0.3) is 0 Å². The first kappa shape index (κ1) is 18.4. The molecule has 8 heteroatoms. The number of aromatic nitrogens is 3. The highest BCUT2D eigenvalue weighted by atomic mass is 16.4. The number of anilines is 1. The molecule has 1 fully saturated rings. The lowest BCUT2D eigenvalue weighted by molar-refractivity contribution is 0.156. The van der Waals surface area contributed by atoms with Crippen LogP contribution in [0, 0.1) is 6.92 Å². The van der Waals surface area contributed by atoms with E-state index in [-0.39, 0.29) is 6.03 Å². The maximum absolute atomic E-state index is 12.6. The zero-order chi connectivity index (χ0) is 19.7. The van der Waals surface area contributed by atoms with Gasteiger partial charge in [-0.1, -0.05) is 0 Å². The van der Waals surface area contributed by atoms with Crippen LogP contribution in [0.25, 0.3) is 22.2 Å². The highest BCUT2D eigenvalue weighted by Gasteiger charge is 2.24. The number of amides is 2. The summed E-state index contributed by atoms with van der Waals surface area (Å²) in [4.78, 5) is 29.5. The molecule has 0 unspecified atom stereocenters. The fourth-order valence-corrected chi connectivity index (χ4v) is 3.49. The predicted molar refractivity (Wildman–Crippen MR) is 107 cm³/mol. The second kappa shape index (κ2) is 7.55. The molecule has 1 aliphatic rings. The summed E-state index contributed by atoms with van der Waals surface area (Å²) < 4.78 is 5.55. The van der Waals surface area contributed by atoms with E-state index in [2.05, 4.69) is 39.3 Å². The molecule has 0 aromatic carbocycles. The van der Waals surface area contributed by atoms with Crippen molar-refractivity contribution in [1.82, 2.24) is 24.8 Å². The molecule has 0 bridgehead atoms. The maximum atomic E-state index is 12.6. The summed E-state index contributed by atoms with van der Waals surface area (Å²) in [7, 11) is 4.17. The van der Waals surface area contributed by atoms with Gasteiger partial charge < -0.3 is 14.2 Å². The number of carbonyl (C=O) groups excluding carboxylic acids is 1. The molecule has 1 N–H and O–H groups in total. The Bertz CT molecular complexity index is 991. The first-order valence-corrected chi connectivity index (χ1v) is 9.40. The fourth-order valence-electron chi connectivity index (χ4n) is 3.49. The normalized spacial score (nSPS) is 15.4. The molecule has 4 rings (SSSR count). The Morgan fingerprint density at radius 1 is 1.11 bits per heavy atom. The van der Waals surface area contributed by atoms with Gasteiger partial charge in [0.2, 0.25) is 0 Å². The smallest absolute Gasteiger partial charge is 0.323 e. The largest absolute Gasteiger partial charge is 0.439 e. The lowest BCUT2D eigenvalue weighted by atomic mass is 10.0. The molecule has 0 aliphatic carbocycles. The van der Waals surface area contributed by atoms with E-state index in [0.29, 0.717) is 29.2 Å². The minimum atomic E-state index is -0.107. The van der Waals surface area contributed by atoms with Crippen molar-refractivity contribution in [1.29, 1.82) is 0 Å². The zero-order valence-electron chi connectivity index (χ0n) is 16.3. The molecule has 0 radical (unpaired) electrons. The number of rotatable bonds is 3. The van der Waals surface area contributed by atoms with Gasteiger partial charge >= 0.3 is 6.03 Å². The Hall–Kier alpha value is -3.00. The van der Waals surface area contributed by atoms with E-state index in [0.717, 1.165) is 36.7 Å². The number of fused-ring (bicyclic) bond motifs is 1. The van der Waals surface area contributed by atoms with E-state index in [9.17, 15) is 4.79 Å². The van der Waals surface area contributed by atoms with E-state index in [1.54, 1.807) is 25.5 Å². The third-order valence-corrected chi connectivity index (χ3v) is 5.19. The van der Waals surface area contributed by atoms with Gasteiger partial charge in [-0.2, -0.15) is 0 Å². The number of piperidine rings is 1. The van der Waals surface area contributed by atoms with E-state index in [1.807, 2.05) is 17.0 Å². The van der Waals surface area contributed by atoms with Crippen LogP contribution < -0.4 is 5.32 Å². The second-order valence-corrected chi connectivity index (χ2v) is 7.34. The van der Waals surface area contributed by atoms with Crippen molar-refractivity contribution >= 4 is 22.6 Å². The van der Waals surface area contributed by atoms with Crippen molar-refractivity contribution in [2.24, 2.45) is 0 Å². The Labute approximate surface area is 163 Å². The van der Waals surface area contributed by atoms with Gasteiger partial charge in [-0.15, -0.1) is 0 Å². The third kappa shape index (κ3) is 3.82. The number of carbonyl (C=O) groups is 1. The predicted octanol–water partition coefficient (Wildman–Crippen LogP) is 3.15. The van der Waals surface area contributed by atoms with Crippen LogP contribution in [0.4, 0.5) is 10.6 Å². The van der Waals surface area contributed by atoms with Crippen molar-refractivity contribution in [3.63, 3.8) is 0 Å². The first-order chi connectivity index (χ1) is 13.5. The Kier molecular flexibility index (Phi) is 4.95. The molecule has 3 aromatic heterocycles. The lowest BCUT2D eigenvalue weighted by Crippen LogP contribution is -2.46. The van der Waals surface area contributed by atoms with Crippen LogP contribution in [-0.2, 0) is 0 Å². The van der Waals surface area contributed by atoms with Gasteiger partial charge in [0, 0.05) is 43.8 Å². The molecule has 1 saturated heterocycles. The third-order valence-electron chi connectivity index (χ3n) is 5.19. The molecular weight excluding hydrogens is 356 g/mol. The molecule has 28 heavy (non-hydrogen) atoms. The number of hydrogen-bond acceptors (Lipinski definition) is 6. The fraction of sp³-hybridized carbons (Fsp3) is 0.400. The number of urea groups is 1. The van der Waals surface area contributed by atoms with Gasteiger partial charge in [0.15, 0.2) is 11.7 Å². The summed E-state index contributed by atoms with van der Waals surface area (Å²) in [5.74, 6) is 1.74. The molecule has 4 heterocycles. The summed E-state index contributed by atoms with van der Waals surface area (Å²) in [6, 6.07) is 4.20. The molecule has 8 nitrogen and oxygen atoms in total. The molecule has 146 valence electrons. The van der Waals surface area contributed by atoms with Crippen LogP contribution in [0.2, 0.25) is 0 Å². The van der Waals surface area contributed by atoms with Gasteiger partial charge in [-0.3, -0.25) is 10.3 Å².